The Bertz CT molecular complexity index is 527. The van der Waals surface area contributed by atoms with Crippen LogP contribution >= 0.6 is 0 Å². The predicted octanol–water partition coefficient (Wildman–Crippen LogP) is 2.44. The molecule has 2 heterocycles. The van der Waals surface area contributed by atoms with E-state index in [-0.39, 0.29) is 24.7 Å². The van der Waals surface area contributed by atoms with Gasteiger partial charge in [0.05, 0.1) is 12.1 Å². The zero-order chi connectivity index (χ0) is 14.9. The minimum atomic E-state index is 0.0953. The zero-order valence-corrected chi connectivity index (χ0v) is 13.0. The number of likely N-dealkylation sites (tertiary alicyclic amines) is 1. The van der Waals surface area contributed by atoms with E-state index in [0.717, 1.165) is 18.8 Å². The van der Waals surface area contributed by atoms with E-state index in [9.17, 15) is 4.79 Å². The molecule has 0 N–H and O–H groups in total. The highest BCUT2D eigenvalue weighted by molar-refractivity contribution is 5.95. The maximum Gasteiger partial charge on any atom is 0.253 e. The number of fused-ring (bicyclic) bond motifs is 1. The van der Waals surface area contributed by atoms with Crippen molar-refractivity contribution in [2.75, 3.05) is 24.6 Å². The standard InChI is InChI=1S/C18H24N2O2/c21-18-13-22-17-12-19(14-7-3-1-4-8-14)11-16(17)20(18)15-9-5-2-6-10-15/h2,5-6,9-10,14,16-17H,1,3-4,7-8,11-13H2/t16-,17+/m1/s1. The van der Waals surface area contributed by atoms with Crippen LogP contribution in [0.2, 0.25) is 0 Å². The average Bonchev–Trinajstić information content (AvgIpc) is 3.00. The van der Waals surface area contributed by atoms with Gasteiger partial charge in [0, 0.05) is 24.8 Å². The van der Waals surface area contributed by atoms with E-state index in [1.807, 2.05) is 35.2 Å². The fraction of sp³-hybridized carbons (Fsp3) is 0.611. The quantitative estimate of drug-likeness (QED) is 0.841. The van der Waals surface area contributed by atoms with Gasteiger partial charge in [-0.1, -0.05) is 37.5 Å². The van der Waals surface area contributed by atoms with E-state index < -0.39 is 0 Å². The third-order valence-corrected chi connectivity index (χ3v) is 5.41. The first-order chi connectivity index (χ1) is 10.8. The summed E-state index contributed by atoms with van der Waals surface area (Å²) in [5, 5.41) is 0. The van der Waals surface area contributed by atoms with Gasteiger partial charge in [-0.05, 0) is 25.0 Å². The number of nitrogens with zero attached hydrogens (tertiary/aromatic N) is 2. The van der Waals surface area contributed by atoms with Gasteiger partial charge < -0.3 is 9.64 Å². The molecule has 1 saturated carbocycles. The lowest BCUT2D eigenvalue weighted by Gasteiger charge is -2.37. The van der Waals surface area contributed by atoms with Crippen LogP contribution in [-0.2, 0) is 9.53 Å². The molecule has 1 aromatic rings. The Morgan fingerprint density at radius 2 is 1.77 bits per heavy atom. The predicted molar refractivity (Wildman–Crippen MR) is 85.9 cm³/mol. The summed E-state index contributed by atoms with van der Waals surface area (Å²) >= 11 is 0. The van der Waals surface area contributed by atoms with Gasteiger partial charge in [0.2, 0.25) is 0 Å². The number of benzene rings is 1. The molecule has 0 unspecified atom stereocenters. The number of hydrogen-bond donors (Lipinski definition) is 0. The molecule has 0 radical (unpaired) electrons. The SMILES string of the molecule is O=C1CO[C@H]2CN(C3CCCCC3)C[C@H]2N1c1ccccc1. The second-order valence-corrected chi connectivity index (χ2v) is 6.76. The molecule has 2 aliphatic heterocycles. The molecular formula is C18H24N2O2. The van der Waals surface area contributed by atoms with Crippen LogP contribution in [-0.4, -0.2) is 48.7 Å². The Morgan fingerprint density at radius 1 is 1.00 bits per heavy atom. The van der Waals surface area contributed by atoms with Crippen molar-refractivity contribution in [1.82, 2.24) is 4.90 Å². The lowest BCUT2D eigenvalue weighted by Crippen LogP contribution is -2.54. The summed E-state index contributed by atoms with van der Waals surface area (Å²) < 4.78 is 5.85. The molecule has 4 rings (SSSR count). The smallest absolute Gasteiger partial charge is 0.253 e. The lowest BCUT2D eigenvalue weighted by molar-refractivity contribution is -0.130. The molecule has 0 bridgehead atoms. The first kappa shape index (κ1) is 14.2. The van der Waals surface area contributed by atoms with Crippen molar-refractivity contribution < 1.29 is 9.53 Å². The van der Waals surface area contributed by atoms with Gasteiger partial charge >= 0.3 is 0 Å². The van der Waals surface area contributed by atoms with Crippen molar-refractivity contribution in [1.29, 1.82) is 0 Å². The number of carbonyl (C=O) groups is 1. The summed E-state index contributed by atoms with van der Waals surface area (Å²) in [6.07, 6.45) is 6.84. The molecule has 4 heteroatoms. The Kier molecular flexibility index (Phi) is 3.89. The Labute approximate surface area is 132 Å². The summed E-state index contributed by atoms with van der Waals surface area (Å²) in [7, 11) is 0. The molecule has 4 nitrogen and oxygen atoms in total. The van der Waals surface area contributed by atoms with Gasteiger partial charge in [-0.2, -0.15) is 0 Å². The number of ether oxygens (including phenoxy) is 1. The molecular weight excluding hydrogens is 276 g/mol. The first-order valence-electron chi connectivity index (χ1n) is 8.56. The van der Waals surface area contributed by atoms with Crippen molar-refractivity contribution in [2.24, 2.45) is 0 Å². The molecule has 22 heavy (non-hydrogen) atoms. The molecule has 0 aromatic heterocycles. The fourth-order valence-corrected chi connectivity index (χ4v) is 4.30. The van der Waals surface area contributed by atoms with E-state index in [2.05, 4.69) is 4.90 Å². The van der Waals surface area contributed by atoms with Crippen LogP contribution in [0, 0.1) is 0 Å². The highest BCUT2D eigenvalue weighted by Gasteiger charge is 2.45. The third kappa shape index (κ3) is 2.55. The minimum absolute atomic E-state index is 0.0953. The maximum atomic E-state index is 12.4. The van der Waals surface area contributed by atoms with Crippen molar-refractivity contribution in [3.8, 4) is 0 Å². The fourth-order valence-electron chi connectivity index (χ4n) is 4.30. The van der Waals surface area contributed by atoms with Crippen LogP contribution in [0.3, 0.4) is 0 Å². The van der Waals surface area contributed by atoms with E-state index in [1.54, 1.807) is 0 Å². The monoisotopic (exact) mass is 300 g/mol. The average molecular weight is 300 g/mol. The van der Waals surface area contributed by atoms with Gasteiger partial charge in [-0.25, -0.2) is 0 Å². The first-order valence-corrected chi connectivity index (χ1v) is 8.56. The lowest BCUT2D eigenvalue weighted by atomic mass is 9.94. The molecule has 2 atom stereocenters. The number of carbonyl (C=O) groups excluding carboxylic acids is 1. The molecule has 118 valence electrons. The highest BCUT2D eigenvalue weighted by Crippen LogP contribution is 2.32. The number of para-hydroxylation sites is 1. The Morgan fingerprint density at radius 3 is 2.55 bits per heavy atom. The number of anilines is 1. The number of hydrogen-bond acceptors (Lipinski definition) is 3. The van der Waals surface area contributed by atoms with Crippen LogP contribution in [0.25, 0.3) is 0 Å². The second kappa shape index (κ2) is 6.01. The second-order valence-electron chi connectivity index (χ2n) is 6.76. The van der Waals surface area contributed by atoms with E-state index >= 15 is 0 Å². The minimum Gasteiger partial charge on any atom is -0.365 e. The van der Waals surface area contributed by atoms with Crippen LogP contribution in [0.15, 0.2) is 30.3 Å². The number of amides is 1. The summed E-state index contributed by atoms with van der Waals surface area (Å²) in [6.45, 7) is 2.15. The van der Waals surface area contributed by atoms with Crippen LogP contribution < -0.4 is 4.90 Å². The molecule has 3 aliphatic rings. The molecule has 0 spiro atoms. The largest absolute Gasteiger partial charge is 0.365 e. The molecule has 1 aromatic carbocycles. The topological polar surface area (TPSA) is 32.8 Å². The van der Waals surface area contributed by atoms with E-state index in [0.29, 0.717) is 6.04 Å². The van der Waals surface area contributed by atoms with Crippen molar-refractivity contribution in [3.63, 3.8) is 0 Å². The van der Waals surface area contributed by atoms with E-state index in [1.165, 1.54) is 32.1 Å². The molecule has 1 amide bonds. The van der Waals surface area contributed by atoms with Gasteiger partial charge in [0.25, 0.3) is 5.91 Å². The number of morpholine rings is 1. The molecule has 3 fully saturated rings. The maximum absolute atomic E-state index is 12.4. The molecule has 2 saturated heterocycles. The third-order valence-electron chi connectivity index (χ3n) is 5.41. The Balaban J connectivity index is 1.54. The van der Waals surface area contributed by atoms with Gasteiger partial charge in [-0.3, -0.25) is 9.69 Å². The summed E-state index contributed by atoms with van der Waals surface area (Å²) in [4.78, 5) is 17.0. The van der Waals surface area contributed by atoms with Gasteiger partial charge in [0.1, 0.15) is 6.61 Å². The van der Waals surface area contributed by atoms with Crippen LogP contribution in [0.5, 0.6) is 0 Å². The highest BCUT2D eigenvalue weighted by atomic mass is 16.5. The van der Waals surface area contributed by atoms with Crippen molar-refractivity contribution >= 4 is 11.6 Å². The van der Waals surface area contributed by atoms with Crippen LogP contribution in [0.1, 0.15) is 32.1 Å². The van der Waals surface area contributed by atoms with E-state index in [4.69, 9.17) is 4.74 Å². The summed E-state index contributed by atoms with van der Waals surface area (Å²) in [6, 6.07) is 10.9. The summed E-state index contributed by atoms with van der Waals surface area (Å²) in [5.41, 5.74) is 1.01. The van der Waals surface area contributed by atoms with Gasteiger partial charge in [-0.15, -0.1) is 0 Å². The normalized spacial score (nSPS) is 30.5. The van der Waals surface area contributed by atoms with Crippen LogP contribution in [0.4, 0.5) is 5.69 Å². The molecule has 1 aliphatic carbocycles. The van der Waals surface area contributed by atoms with Crippen molar-refractivity contribution in [3.05, 3.63) is 30.3 Å². The Hall–Kier alpha value is -1.39. The zero-order valence-electron chi connectivity index (χ0n) is 13.0. The van der Waals surface area contributed by atoms with Gasteiger partial charge in [0.15, 0.2) is 0 Å². The number of rotatable bonds is 2. The summed E-state index contributed by atoms with van der Waals surface area (Å²) in [5.74, 6) is 0.0953. The van der Waals surface area contributed by atoms with Crippen molar-refractivity contribution in [2.45, 2.75) is 50.3 Å².